The summed E-state index contributed by atoms with van der Waals surface area (Å²) in [4.78, 5) is 29.6. The summed E-state index contributed by atoms with van der Waals surface area (Å²) in [5.41, 5.74) is 0.340. The molecule has 1 amide bonds. The number of hydrogen-bond donors (Lipinski definition) is 1. The van der Waals surface area contributed by atoms with E-state index in [1.807, 2.05) is 13.0 Å². The van der Waals surface area contributed by atoms with Crippen molar-refractivity contribution in [2.24, 2.45) is 0 Å². The Labute approximate surface area is 134 Å². The molecule has 112 valence electrons. The van der Waals surface area contributed by atoms with Gasteiger partial charge in [-0.3, -0.25) is 9.59 Å². The summed E-state index contributed by atoms with van der Waals surface area (Å²) < 4.78 is 0.671. The SMILES string of the molecule is CCN(CCC(=O)O)C(=O)c1csc(-c2ccc(Cl)s2)n1. The van der Waals surface area contributed by atoms with Crippen LogP contribution in [-0.4, -0.2) is 40.0 Å². The predicted octanol–water partition coefficient (Wildman–Crippen LogP) is 3.46. The number of aliphatic carboxylic acids is 1. The zero-order valence-electron chi connectivity index (χ0n) is 11.2. The molecule has 5 nitrogen and oxygen atoms in total. The predicted molar refractivity (Wildman–Crippen MR) is 84.3 cm³/mol. The van der Waals surface area contributed by atoms with Gasteiger partial charge >= 0.3 is 5.97 Å². The Hall–Kier alpha value is -1.44. The first-order valence-corrected chi connectivity index (χ1v) is 8.31. The van der Waals surface area contributed by atoms with Crippen molar-refractivity contribution in [2.45, 2.75) is 13.3 Å². The van der Waals surface area contributed by atoms with Crippen molar-refractivity contribution in [3.05, 3.63) is 27.5 Å². The lowest BCUT2D eigenvalue weighted by Gasteiger charge is -2.18. The van der Waals surface area contributed by atoms with E-state index >= 15 is 0 Å². The lowest BCUT2D eigenvalue weighted by atomic mass is 10.3. The first-order valence-electron chi connectivity index (χ1n) is 6.23. The normalized spacial score (nSPS) is 10.6. The monoisotopic (exact) mass is 344 g/mol. The Bertz CT molecular complexity index is 653. The van der Waals surface area contributed by atoms with Crippen LogP contribution in [0.3, 0.4) is 0 Å². The Balaban J connectivity index is 2.12. The van der Waals surface area contributed by atoms with E-state index in [0.29, 0.717) is 16.6 Å². The minimum atomic E-state index is -0.923. The molecule has 0 saturated heterocycles. The number of thiazole rings is 1. The standard InChI is InChI=1S/C13H13ClN2O3S2/c1-2-16(6-5-11(17)18)13(19)8-7-20-12(15-8)9-3-4-10(14)21-9/h3-4,7H,2,5-6H2,1H3,(H,17,18). The molecule has 2 aromatic heterocycles. The number of nitrogens with zero attached hydrogens (tertiary/aromatic N) is 2. The molecule has 21 heavy (non-hydrogen) atoms. The van der Waals surface area contributed by atoms with E-state index < -0.39 is 5.97 Å². The third kappa shape index (κ3) is 4.03. The van der Waals surface area contributed by atoms with Gasteiger partial charge in [-0.25, -0.2) is 4.98 Å². The van der Waals surface area contributed by atoms with Gasteiger partial charge in [0.25, 0.3) is 5.91 Å². The maximum absolute atomic E-state index is 12.3. The number of carboxylic acids is 1. The first kappa shape index (κ1) is 15.9. The molecule has 0 saturated carbocycles. The van der Waals surface area contributed by atoms with Gasteiger partial charge in [0, 0.05) is 18.5 Å². The van der Waals surface area contributed by atoms with E-state index in [0.717, 1.165) is 9.88 Å². The van der Waals surface area contributed by atoms with Crippen LogP contribution in [0.1, 0.15) is 23.8 Å². The minimum absolute atomic E-state index is 0.0723. The highest BCUT2D eigenvalue weighted by Crippen LogP contribution is 2.33. The highest BCUT2D eigenvalue weighted by molar-refractivity contribution is 7.23. The Morgan fingerprint density at radius 1 is 1.43 bits per heavy atom. The van der Waals surface area contributed by atoms with Gasteiger partial charge < -0.3 is 10.0 Å². The minimum Gasteiger partial charge on any atom is -0.481 e. The number of thiophene rings is 1. The van der Waals surface area contributed by atoms with Gasteiger partial charge in [0.2, 0.25) is 0 Å². The molecule has 2 heterocycles. The molecule has 2 rings (SSSR count). The lowest BCUT2D eigenvalue weighted by molar-refractivity contribution is -0.137. The molecule has 0 fully saturated rings. The summed E-state index contributed by atoms with van der Waals surface area (Å²) in [5, 5.41) is 11.1. The van der Waals surface area contributed by atoms with Crippen LogP contribution in [0.2, 0.25) is 4.34 Å². The van der Waals surface area contributed by atoms with Crippen LogP contribution in [0.5, 0.6) is 0 Å². The maximum atomic E-state index is 12.3. The molecular weight excluding hydrogens is 332 g/mol. The molecule has 0 bridgehead atoms. The summed E-state index contributed by atoms with van der Waals surface area (Å²) in [6, 6.07) is 3.65. The van der Waals surface area contributed by atoms with Gasteiger partial charge in [-0.15, -0.1) is 22.7 Å². The largest absolute Gasteiger partial charge is 0.481 e. The summed E-state index contributed by atoms with van der Waals surface area (Å²) in [6.45, 7) is 2.44. The van der Waals surface area contributed by atoms with E-state index in [1.165, 1.54) is 27.6 Å². The number of carbonyl (C=O) groups excluding carboxylic acids is 1. The quantitative estimate of drug-likeness (QED) is 0.871. The van der Waals surface area contributed by atoms with Crippen molar-refractivity contribution in [1.29, 1.82) is 0 Å². The van der Waals surface area contributed by atoms with Crippen LogP contribution >= 0.6 is 34.3 Å². The molecule has 1 N–H and O–H groups in total. The van der Waals surface area contributed by atoms with Crippen molar-refractivity contribution in [3.8, 4) is 9.88 Å². The molecule has 8 heteroatoms. The van der Waals surface area contributed by atoms with Crippen molar-refractivity contribution in [2.75, 3.05) is 13.1 Å². The fraction of sp³-hybridized carbons (Fsp3) is 0.308. The van der Waals surface area contributed by atoms with Crippen LogP contribution in [0, 0.1) is 0 Å². The molecule has 0 atom stereocenters. The van der Waals surface area contributed by atoms with Crippen LogP contribution in [0.4, 0.5) is 0 Å². The topological polar surface area (TPSA) is 70.5 Å². The highest BCUT2D eigenvalue weighted by atomic mass is 35.5. The second kappa shape index (κ2) is 7.02. The van der Waals surface area contributed by atoms with Gasteiger partial charge in [-0.2, -0.15) is 0 Å². The molecule has 0 aliphatic heterocycles. The van der Waals surface area contributed by atoms with Gasteiger partial charge in [0.1, 0.15) is 10.7 Å². The van der Waals surface area contributed by atoms with Gasteiger partial charge in [0.15, 0.2) is 0 Å². The van der Waals surface area contributed by atoms with Crippen molar-refractivity contribution in [3.63, 3.8) is 0 Å². The fourth-order valence-corrected chi connectivity index (χ4v) is 3.62. The molecule has 0 aromatic carbocycles. The molecule has 0 aliphatic carbocycles. The van der Waals surface area contributed by atoms with Crippen molar-refractivity contribution >= 4 is 46.2 Å². The first-order chi connectivity index (χ1) is 10.0. The van der Waals surface area contributed by atoms with E-state index in [1.54, 1.807) is 11.4 Å². The van der Waals surface area contributed by atoms with Gasteiger partial charge in [0.05, 0.1) is 15.6 Å². The zero-order chi connectivity index (χ0) is 15.4. The van der Waals surface area contributed by atoms with Gasteiger partial charge in [-0.1, -0.05) is 11.6 Å². The van der Waals surface area contributed by atoms with Gasteiger partial charge in [-0.05, 0) is 19.1 Å². The average Bonchev–Trinajstić information content (AvgIpc) is 3.07. The molecule has 0 unspecified atom stereocenters. The third-order valence-corrected chi connectivity index (χ3v) is 5.01. The second-order valence-corrected chi connectivity index (χ2v) is 6.74. The molecule has 2 aromatic rings. The average molecular weight is 345 g/mol. The number of hydrogen-bond acceptors (Lipinski definition) is 5. The number of amides is 1. The summed E-state index contributed by atoms with van der Waals surface area (Å²) in [6.07, 6.45) is -0.0723. The smallest absolute Gasteiger partial charge is 0.305 e. The number of carbonyl (C=O) groups is 2. The van der Waals surface area contributed by atoms with E-state index in [2.05, 4.69) is 4.98 Å². The second-order valence-electron chi connectivity index (χ2n) is 4.17. The molecule has 0 aliphatic rings. The lowest BCUT2D eigenvalue weighted by Crippen LogP contribution is -2.33. The van der Waals surface area contributed by atoms with Crippen LogP contribution in [-0.2, 0) is 4.79 Å². The number of aromatic nitrogens is 1. The molecule has 0 spiro atoms. The van der Waals surface area contributed by atoms with Crippen molar-refractivity contribution < 1.29 is 14.7 Å². The van der Waals surface area contributed by atoms with E-state index in [-0.39, 0.29) is 18.9 Å². The van der Waals surface area contributed by atoms with Crippen LogP contribution in [0.25, 0.3) is 9.88 Å². The third-order valence-electron chi connectivity index (χ3n) is 2.77. The Kier molecular flexibility index (Phi) is 5.33. The maximum Gasteiger partial charge on any atom is 0.305 e. The summed E-state index contributed by atoms with van der Waals surface area (Å²) in [5.74, 6) is -1.17. The molecule has 0 radical (unpaired) electrons. The fourth-order valence-electron chi connectivity index (χ4n) is 1.71. The highest BCUT2D eigenvalue weighted by Gasteiger charge is 2.19. The summed E-state index contributed by atoms with van der Waals surface area (Å²) in [7, 11) is 0. The zero-order valence-corrected chi connectivity index (χ0v) is 13.6. The van der Waals surface area contributed by atoms with E-state index in [4.69, 9.17) is 16.7 Å². The van der Waals surface area contributed by atoms with Crippen LogP contribution in [0.15, 0.2) is 17.5 Å². The van der Waals surface area contributed by atoms with Crippen molar-refractivity contribution in [1.82, 2.24) is 9.88 Å². The number of rotatable bonds is 6. The Morgan fingerprint density at radius 3 is 2.76 bits per heavy atom. The van der Waals surface area contributed by atoms with Crippen LogP contribution < -0.4 is 0 Å². The number of carboxylic acid groups (broad SMARTS) is 1. The van der Waals surface area contributed by atoms with E-state index in [9.17, 15) is 9.59 Å². The molecular formula is C13H13ClN2O3S2. The number of halogens is 1. The summed E-state index contributed by atoms with van der Waals surface area (Å²) >= 11 is 8.67. The Morgan fingerprint density at radius 2 is 2.19 bits per heavy atom.